The van der Waals surface area contributed by atoms with E-state index in [-0.39, 0.29) is 36.5 Å². The molecule has 1 unspecified atom stereocenters. The third kappa shape index (κ3) is 6.84. The largest absolute Gasteiger partial charge is 0.464 e. The van der Waals surface area contributed by atoms with Gasteiger partial charge in [0, 0.05) is 19.7 Å². The molecule has 1 saturated heterocycles. The van der Waals surface area contributed by atoms with Crippen LogP contribution in [0.25, 0.3) is 0 Å². The van der Waals surface area contributed by atoms with E-state index in [1.807, 2.05) is 56.3 Å². The zero-order chi connectivity index (χ0) is 25.5. The molecule has 0 radical (unpaired) electrons. The first-order valence-corrected chi connectivity index (χ1v) is 13.8. The molecule has 1 fully saturated rings. The van der Waals surface area contributed by atoms with Gasteiger partial charge in [-0.3, -0.25) is 4.79 Å². The summed E-state index contributed by atoms with van der Waals surface area (Å²) in [4.78, 5) is 15.5. The van der Waals surface area contributed by atoms with Gasteiger partial charge in [0.15, 0.2) is 0 Å². The molecule has 0 saturated carbocycles. The van der Waals surface area contributed by atoms with E-state index in [4.69, 9.17) is 9.15 Å². The highest BCUT2D eigenvalue weighted by Crippen LogP contribution is 2.21. The second-order valence-corrected chi connectivity index (χ2v) is 11.2. The van der Waals surface area contributed by atoms with Gasteiger partial charge < -0.3 is 14.1 Å². The summed E-state index contributed by atoms with van der Waals surface area (Å²) in [7, 11) is -3.89. The van der Waals surface area contributed by atoms with Crippen molar-refractivity contribution in [3.8, 4) is 0 Å². The van der Waals surface area contributed by atoms with Crippen molar-refractivity contribution in [3.05, 3.63) is 89.4 Å². The first kappa shape index (κ1) is 26.1. The summed E-state index contributed by atoms with van der Waals surface area (Å²) in [5, 5.41) is 0. The Morgan fingerprint density at radius 3 is 2.39 bits per heavy atom. The molecule has 1 amide bonds. The van der Waals surface area contributed by atoms with Crippen molar-refractivity contribution in [1.82, 2.24) is 9.21 Å². The zero-order valence-corrected chi connectivity index (χ0v) is 21.7. The van der Waals surface area contributed by atoms with Crippen molar-refractivity contribution in [2.45, 2.75) is 50.7 Å². The van der Waals surface area contributed by atoms with Crippen LogP contribution < -0.4 is 0 Å². The van der Waals surface area contributed by atoms with E-state index in [0.717, 1.165) is 29.7 Å². The lowest BCUT2D eigenvalue weighted by Crippen LogP contribution is -2.45. The summed E-state index contributed by atoms with van der Waals surface area (Å²) in [6, 6.07) is 20.4. The van der Waals surface area contributed by atoms with Crippen molar-refractivity contribution < 1.29 is 22.4 Å². The molecule has 0 aliphatic carbocycles. The number of amides is 1. The Morgan fingerprint density at radius 1 is 1.00 bits per heavy atom. The Balaban J connectivity index is 1.56. The number of aryl methyl sites for hydroxylation is 2. The predicted octanol–water partition coefficient (Wildman–Crippen LogP) is 4.34. The molecule has 2 aromatic carbocycles. The minimum Gasteiger partial charge on any atom is -0.464 e. The van der Waals surface area contributed by atoms with E-state index >= 15 is 0 Å². The normalized spacial score (nSPS) is 15.9. The smallest absolute Gasteiger partial charge is 0.243 e. The van der Waals surface area contributed by atoms with Gasteiger partial charge in [0.2, 0.25) is 15.9 Å². The fraction of sp³-hybridized carbons (Fsp3) is 0.393. The average Bonchev–Trinajstić information content (AvgIpc) is 3.53. The molecule has 7 nitrogen and oxygen atoms in total. The SMILES string of the molecule is Cc1ccc(S(=O)(=O)N(CC(=O)N(CCc2ccccc2)Cc2ccc(C)o2)CC2CCCO2)cc1. The highest BCUT2D eigenvalue weighted by molar-refractivity contribution is 7.89. The molecule has 1 aliphatic heterocycles. The van der Waals surface area contributed by atoms with E-state index in [9.17, 15) is 13.2 Å². The second-order valence-electron chi connectivity index (χ2n) is 9.31. The van der Waals surface area contributed by atoms with Gasteiger partial charge in [-0.15, -0.1) is 0 Å². The van der Waals surface area contributed by atoms with Gasteiger partial charge in [-0.25, -0.2) is 8.42 Å². The second kappa shape index (κ2) is 11.9. The van der Waals surface area contributed by atoms with Gasteiger partial charge in [0.1, 0.15) is 11.5 Å². The number of benzene rings is 2. The third-order valence-corrected chi connectivity index (χ3v) is 8.24. The van der Waals surface area contributed by atoms with Crippen LogP contribution in [0.3, 0.4) is 0 Å². The molecule has 0 spiro atoms. The van der Waals surface area contributed by atoms with Crippen LogP contribution in [0.5, 0.6) is 0 Å². The molecule has 36 heavy (non-hydrogen) atoms. The highest BCUT2D eigenvalue weighted by atomic mass is 32.2. The van der Waals surface area contributed by atoms with Crippen LogP contribution >= 0.6 is 0 Å². The molecular formula is C28H34N2O5S. The van der Waals surface area contributed by atoms with E-state index in [0.29, 0.717) is 25.3 Å². The van der Waals surface area contributed by atoms with Crippen molar-refractivity contribution in [2.24, 2.45) is 0 Å². The molecule has 1 atom stereocenters. The van der Waals surface area contributed by atoms with Crippen molar-refractivity contribution in [1.29, 1.82) is 0 Å². The number of furan rings is 1. The van der Waals surface area contributed by atoms with Crippen LogP contribution in [-0.4, -0.2) is 55.9 Å². The zero-order valence-electron chi connectivity index (χ0n) is 20.9. The van der Waals surface area contributed by atoms with Crippen LogP contribution in [0.1, 0.15) is 35.5 Å². The van der Waals surface area contributed by atoms with E-state index in [2.05, 4.69) is 0 Å². The topological polar surface area (TPSA) is 80.1 Å². The number of rotatable bonds is 11. The van der Waals surface area contributed by atoms with Gasteiger partial charge in [0.05, 0.1) is 24.1 Å². The monoisotopic (exact) mass is 510 g/mol. The van der Waals surface area contributed by atoms with Gasteiger partial charge in [0.25, 0.3) is 0 Å². The molecule has 8 heteroatoms. The predicted molar refractivity (Wildman–Crippen MR) is 138 cm³/mol. The van der Waals surface area contributed by atoms with Crippen LogP contribution in [0.2, 0.25) is 0 Å². The Labute approximate surface area is 213 Å². The standard InChI is InChI=1S/C28H34N2O5S/c1-22-10-14-27(15-11-22)36(32,33)30(20-25-9-6-18-34-25)21-28(31)29(19-26-13-12-23(2)35-26)17-16-24-7-4-3-5-8-24/h3-5,7-8,10-15,25H,6,9,16-21H2,1-2H3. The first-order valence-electron chi connectivity index (χ1n) is 12.4. The van der Waals surface area contributed by atoms with Gasteiger partial charge >= 0.3 is 0 Å². The maximum absolute atomic E-state index is 13.6. The summed E-state index contributed by atoms with van der Waals surface area (Å²) in [6.45, 7) is 4.98. The number of carbonyl (C=O) groups excluding carboxylic acids is 1. The minimum atomic E-state index is -3.89. The van der Waals surface area contributed by atoms with Gasteiger partial charge in [-0.2, -0.15) is 4.31 Å². The Morgan fingerprint density at radius 2 is 1.75 bits per heavy atom. The quantitative estimate of drug-likeness (QED) is 0.383. The lowest BCUT2D eigenvalue weighted by molar-refractivity contribution is -0.132. The minimum absolute atomic E-state index is 0.147. The third-order valence-electron chi connectivity index (χ3n) is 6.41. The Bertz CT molecular complexity index is 1230. The molecular weight excluding hydrogens is 476 g/mol. The number of carbonyl (C=O) groups is 1. The molecule has 2 heterocycles. The average molecular weight is 511 g/mol. The fourth-order valence-electron chi connectivity index (χ4n) is 4.33. The number of hydrogen-bond acceptors (Lipinski definition) is 5. The lowest BCUT2D eigenvalue weighted by atomic mass is 10.1. The molecule has 1 aliphatic rings. The van der Waals surface area contributed by atoms with E-state index in [1.54, 1.807) is 29.2 Å². The van der Waals surface area contributed by atoms with E-state index < -0.39 is 10.0 Å². The van der Waals surface area contributed by atoms with Crippen LogP contribution in [0.15, 0.2) is 76.0 Å². The summed E-state index contributed by atoms with van der Waals surface area (Å²) in [5.74, 6) is 1.16. The molecule has 4 rings (SSSR count). The summed E-state index contributed by atoms with van der Waals surface area (Å²) >= 11 is 0. The first-order chi connectivity index (χ1) is 17.3. The number of ether oxygens (including phenoxy) is 1. The fourth-order valence-corrected chi connectivity index (χ4v) is 5.75. The molecule has 1 aromatic heterocycles. The van der Waals surface area contributed by atoms with Crippen LogP contribution in [0.4, 0.5) is 0 Å². The highest BCUT2D eigenvalue weighted by Gasteiger charge is 2.32. The van der Waals surface area contributed by atoms with Crippen LogP contribution in [0, 0.1) is 13.8 Å². The Hall–Kier alpha value is -2.94. The Kier molecular flexibility index (Phi) is 8.61. The van der Waals surface area contributed by atoms with Crippen LogP contribution in [-0.2, 0) is 32.5 Å². The van der Waals surface area contributed by atoms with Crippen molar-refractivity contribution in [2.75, 3.05) is 26.2 Å². The van der Waals surface area contributed by atoms with Gasteiger partial charge in [-0.1, -0.05) is 48.0 Å². The maximum Gasteiger partial charge on any atom is 0.243 e. The molecule has 192 valence electrons. The summed E-state index contributed by atoms with van der Waals surface area (Å²) in [6.07, 6.45) is 2.10. The van der Waals surface area contributed by atoms with Crippen molar-refractivity contribution in [3.63, 3.8) is 0 Å². The number of nitrogens with zero attached hydrogens (tertiary/aromatic N) is 2. The molecule has 0 bridgehead atoms. The number of sulfonamides is 1. The molecule has 0 N–H and O–H groups in total. The molecule has 3 aromatic rings. The van der Waals surface area contributed by atoms with Gasteiger partial charge in [-0.05, 0) is 62.9 Å². The summed E-state index contributed by atoms with van der Waals surface area (Å²) in [5.41, 5.74) is 2.07. The maximum atomic E-state index is 13.6. The number of hydrogen-bond donors (Lipinski definition) is 0. The summed E-state index contributed by atoms with van der Waals surface area (Å²) < 4.78 is 40.0. The lowest BCUT2D eigenvalue weighted by Gasteiger charge is -2.28. The van der Waals surface area contributed by atoms with E-state index in [1.165, 1.54) is 4.31 Å². The van der Waals surface area contributed by atoms with Crippen molar-refractivity contribution >= 4 is 15.9 Å².